The SMILES string of the molecule is COCCOCCOCCOC(=O)c1cccc(C#Cc2cc(OC)cc(C#Cc3cccc(C(=O)OCCOCCOCCOC)c3)n2)c1. The number of benzene rings is 2. The number of aromatic nitrogens is 1. The van der Waals surface area contributed by atoms with Crippen LogP contribution in [0.3, 0.4) is 0 Å². The molecule has 0 N–H and O–H groups in total. The second kappa shape index (κ2) is 24.4. The van der Waals surface area contributed by atoms with Crippen molar-refractivity contribution >= 4 is 11.9 Å². The van der Waals surface area contributed by atoms with Crippen LogP contribution in [0.2, 0.25) is 0 Å². The predicted octanol–water partition coefficient (Wildman–Crippen LogP) is 3.56. The van der Waals surface area contributed by atoms with Gasteiger partial charge in [0.05, 0.1) is 84.3 Å². The molecule has 50 heavy (non-hydrogen) atoms. The second-order valence-electron chi connectivity index (χ2n) is 10.1. The summed E-state index contributed by atoms with van der Waals surface area (Å²) in [4.78, 5) is 29.6. The summed E-state index contributed by atoms with van der Waals surface area (Å²) in [6.45, 7) is 4.45. The molecule has 0 bridgehead atoms. The third-order valence-corrected chi connectivity index (χ3v) is 6.43. The lowest BCUT2D eigenvalue weighted by atomic mass is 10.1. The number of hydrogen-bond donors (Lipinski definition) is 0. The molecule has 0 radical (unpaired) electrons. The van der Waals surface area contributed by atoms with Crippen LogP contribution in [0.5, 0.6) is 5.75 Å². The predicted molar refractivity (Wildman–Crippen MR) is 183 cm³/mol. The maximum Gasteiger partial charge on any atom is 0.338 e. The molecule has 3 rings (SSSR count). The van der Waals surface area contributed by atoms with Crippen LogP contribution in [0, 0.1) is 23.7 Å². The van der Waals surface area contributed by atoms with Gasteiger partial charge in [0, 0.05) is 37.5 Å². The molecule has 3 aromatic rings. The maximum absolute atomic E-state index is 12.5. The Balaban J connectivity index is 1.54. The van der Waals surface area contributed by atoms with Crippen molar-refractivity contribution in [1.29, 1.82) is 0 Å². The lowest BCUT2D eigenvalue weighted by Gasteiger charge is -2.07. The van der Waals surface area contributed by atoms with Crippen LogP contribution in [0.15, 0.2) is 60.7 Å². The van der Waals surface area contributed by atoms with Gasteiger partial charge in [-0.15, -0.1) is 0 Å². The Morgan fingerprint density at radius 3 is 1.32 bits per heavy atom. The summed E-state index contributed by atoms with van der Waals surface area (Å²) in [6.07, 6.45) is 0. The normalized spacial score (nSPS) is 10.4. The monoisotopic (exact) mass is 689 g/mol. The summed E-state index contributed by atoms with van der Waals surface area (Å²) in [7, 11) is 4.76. The van der Waals surface area contributed by atoms with Crippen LogP contribution < -0.4 is 4.74 Å². The van der Waals surface area contributed by atoms with Gasteiger partial charge in [0.1, 0.15) is 30.4 Å². The Hall–Kier alpha value is -4.79. The molecule has 0 aliphatic rings. The molecule has 0 saturated heterocycles. The Morgan fingerprint density at radius 2 is 0.920 bits per heavy atom. The van der Waals surface area contributed by atoms with Gasteiger partial charge in [0.25, 0.3) is 0 Å². The van der Waals surface area contributed by atoms with E-state index < -0.39 is 11.9 Å². The van der Waals surface area contributed by atoms with Crippen molar-refractivity contribution in [3.63, 3.8) is 0 Å². The summed E-state index contributed by atoms with van der Waals surface area (Å²) >= 11 is 0. The molecule has 1 aromatic heterocycles. The number of hydrogen-bond acceptors (Lipinski definition) is 12. The van der Waals surface area contributed by atoms with Crippen LogP contribution in [-0.2, 0) is 37.9 Å². The van der Waals surface area contributed by atoms with Crippen LogP contribution in [0.1, 0.15) is 43.2 Å². The third-order valence-electron chi connectivity index (χ3n) is 6.43. The number of pyridine rings is 1. The van der Waals surface area contributed by atoms with Gasteiger partial charge >= 0.3 is 11.9 Å². The Kier molecular flexibility index (Phi) is 19.3. The van der Waals surface area contributed by atoms with E-state index in [1.165, 1.54) is 7.11 Å². The van der Waals surface area contributed by atoms with E-state index in [9.17, 15) is 9.59 Å². The minimum atomic E-state index is -0.479. The molecule has 12 nitrogen and oxygen atoms in total. The van der Waals surface area contributed by atoms with Gasteiger partial charge < -0.3 is 42.6 Å². The first-order valence-corrected chi connectivity index (χ1v) is 16.0. The van der Waals surface area contributed by atoms with Crippen molar-refractivity contribution in [2.75, 3.05) is 101 Å². The fraction of sp³-hybridized carbons (Fsp3) is 0.395. The lowest BCUT2D eigenvalue weighted by molar-refractivity contribution is 0.00552. The summed E-state index contributed by atoms with van der Waals surface area (Å²) in [5.41, 5.74) is 2.77. The maximum atomic E-state index is 12.5. The van der Waals surface area contributed by atoms with Crippen molar-refractivity contribution in [3.8, 4) is 29.4 Å². The Labute approximate surface area is 293 Å². The highest BCUT2D eigenvalue weighted by Crippen LogP contribution is 2.14. The summed E-state index contributed by atoms with van der Waals surface area (Å²) in [5, 5.41) is 0. The van der Waals surface area contributed by atoms with Crippen LogP contribution in [-0.4, -0.2) is 118 Å². The molecule has 0 unspecified atom stereocenters. The highest BCUT2D eigenvalue weighted by atomic mass is 16.6. The number of carbonyl (C=O) groups is 2. The number of methoxy groups -OCH3 is 3. The van der Waals surface area contributed by atoms with Gasteiger partial charge in [-0.3, -0.25) is 0 Å². The third kappa shape index (κ3) is 16.1. The molecule has 0 fully saturated rings. The van der Waals surface area contributed by atoms with Gasteiger partial charge in [-0.2, -0.15) is 0 Å². The minimum absolute atomic E-state index is 0.112. The standard InChI is InChI=1S/C38H43NO11/c1-42-14-16-45-18-20-47-22-24-49-37(40)32-8-4-6-30(26-32)10-12-34-28-36(44-3)29-35(39-34)13-11-31-7-5-9-33(27-31)38(41)50-25-23-48-21-19-46-17-15-43-2/h4-9,26-29H,14-25H2,1-3H3. The van der Waals surface area contributed by atoms with E-state index in [1.54, 1.807) is 74.9 Å². The van der Waals surface area contributed by atoms with Gasteiger partial charge in [-0.1, -0.05) is 24.0 Å². The average molecular weight is 690 g/mol. The number of esters is 2. The summed E-state index contributed by atoms with van der Waals surface area (Å²) < 4.78 is 47.3. The van der Waals surface area contributed by atoms with E-state index in [4.69, 9.17) is 42.6 Å². The van der Waals surface area contributed by atoms with E-state index >= 15 is 0 Å². The number of nitrogens with zero attached hydrogens (tertiary/aromatic N) is 1. The first kappa shape index (κ1) is 39.6. The zero-order valence-electron chi connectivity index (χ0n) is 28.7. The van der Waals surface area contributed by atoms with Gasteiger partial charge in [-0.05, 0) is 48.2 Å². The van der Waals surface area contributed by atoms with Gasteiger partial charge in [0.15, 0.2) is 0 Å². The molecule has 12 heteroatoms. The molecular weight excluding hydrogens is 646 g/mol. The van der Waals surface area contributed by atoms with E-state index in [1.807, 2.05) is 0 Å². The fourth-order valence-corrected chi connectivity index (χ4v) is 3.95. The largest absolute Gasteiger partial charge is 0.497 e. The quantitative estimate of drug-likeness (QED) is 0.0921. The summed E-state index contributed by atoms with van der Waals surface area (Å²) in [5.74, 6) is 11.6. The van der Waals surface area contributed by atoms with E-state index in [-0.39, 0.29) is 26.4 Å². The number of carbonyl (C=O) groups excluding carboxylic acids is 2. The zero-order chi connectivity index (χ0) is 35.7. The number of rotatable bonds is 21. The van der Waals surface area contributed by atoms with Crippen molar-refractivity contribution in [1.82, 2.24) is 4.98 Å². The first-order chi connectivity index (χ1) is 24.5. The highest BCUT2D eigenvalue weighted by molar-refractivity contribution is 5.90. The van der Waals surface area contributed by atoms with E-state index in [0.717, 1.165) is 0 Å². The van der Waals surface area contributed by atoms with E-state index in [0.29, 0.717) is 92.2 Å². The van der Waals surface area contributed by atoms with Crippen molar-refractivity contribution in [3.05, 3.63) is 94.3 Å². The van der Waals surface area contributed by atoms with Crippen LogP contribution in [0.4, 0.5) is 0 Å². The Bertz CT molecular complexity index is 1490. The minimum Gasteiger partial charge on any atom is -0.497 e. The molecular formula is C38H43NO11. The topological polar surface area (TPSA) is 130 Å². The zero-order valence-corrected chi connectivity index (χ0v) is 28.7. The molecule has 0 saturated carbocycles. The van der Waals surface area contributed by atoms with E-state index in [2.05, 4.69) is 28.7 Å². The molecule has 0 amide bonds. The molecule has 0 spiro atoms. The Morgan fingerprint density at radius 1 is 0.520 bits per heavy atom. The molecule has 266 valence electrons. The smallest absolute Gasteiger partial charge is 0.338 e. The van der Waals surface area contributed by atoms with Crippen LogP contribution in [0.25, 0.3) is 0 Å². The molecule has 2 aromatic carbocycles. The van der Waals surface area contributed by atoms with Crippen molar-refractivity contribution < 1.29 is 52.2 Å². The van der Waals surface area contributed by atoms with Gasteiger partial charge in [0.2, 0.25) is 0 Å². The number of ether oxygens (including phenoxy) is 9. The highest BCUT2D eigenvalue weighted by Gasteiger charge is 2.09. The molecule has 0 aliphatic carbocycles. The molecule has 0 aliphatic heterocycles. The lowest BCUT2D eigenvalue weighted by Crippen LogP contribution is -2.14. The first-order valence-electron chi connectivity index (χ1n) is 16.0. The average Bonchev–Trinajstić information content (AvgIpc) is 3.15. The van der Waals surface area contributed by atoms with Crippen molar-refractivity contribution in [2.24, 2.45) is 0 Å². The molecule has 0 atom stereocenters. The fourth-order valence-electron chi connectivity index (χ4n) is 3.95. The molecule has 1 heterocycles. The summed E-state index contributed by atoms with van der Waals surface area (Å²) in [6, 6.07) is 17.0. The second-order valence-corrected chi connectivity index (χ2v) is 10.1. The van der Waals surface area contributed by atoms with Crippen molar-refractivity contribution in [2.45, 2.75) is 0 Å². The van der Waals surface area contributed by atoms with Crippen LogP contribution >= 0.6 is 0 Å². The van der Waals surface area contributed by atoms with Gasteiger partial charge in [-0.25, -0.2) is 14.6 Å².